The zero-order valence-electron chi connectivity index (χ0n) is 13.4. The Morgan fingerprint density at radius 2 is 1.81 bits per heavy atom. The van der Waals surface area contributed by atoms with Crippen molar-refractivity contribution in [2.24, 2.45) is 34.5 Å². The molecule has 0 radical (unpaired) electrons. The Hall–Kier alpha value is -0.370. The number of fused-ring (bicyclic) bond motifs is 7. The van der Waals surface area contributed by atoms with Crippen LogP contribution in [-0.2, 0) is 9.53 Å². The third-order valence-corrected chi connectivity index (χ3v) is 8.64. The molecule has 1 heterocycles. The van der Waals surface area contributed by atoms with E-state index in [9.17, 15) is 4.79 Å². The van der Waals surface area contributed by atoms with Gasteiger partial charge in [-0.2, -0.15) is 0 Å². The lowest BCUT2D eigenvalue weighted by Crippen LogP contribution is -2.54. The summed E-state index contributed by atoms with van der Waals surface area (Å²) in [6.07, 6.45) is 11.1. The normalized spacial score (nSPS) is 61.5. The van der Waals surface area contributed by atoms with Crippen LogP contribution in [0.25, 0.3) is 0 Å². The van der Waals surface area contributed by atoms with E-state index in [2.05, 4.69) is 13.8 Å². The Labute approximate surface area is 128 Å². The molecule has 1 aliphatic heterocycles. The second-order valence-electron chi connectivity index (χ2n) is 9.16. The first-order valence-corrected chi connectivity index (χ1v) is 9.23. The first kappa shape index (κ1) is 13.1. The summed E-state index contributed by atoms with van der Waals surface area (Å²) in [5.41, 5.74) is 0.547. The van der Waals surface area contributed by atoms with Crippen LogP contribution in [0.5, 0.6) is 0 Å². The van der Waals surface area contributed by atoms with Crippen molar-refractivity contribution in [1.29, 1.82) is 0 Å². The van der Waals surface area contributed by atoms with Crippen molar-refractivity contribution >= 4 is 5.78 Å². The van der Waals surface area contributed by atoms with Gasteiger partial charge in [-0.3, -0.25) is 4.79 Å². The molecule has 0 amide bonds. The van der Waals surface area contributed by atoms with E-state index >= 15 is 0 Å². The minimum Gasteiger partial charge on any atom is -0.369 e. The Morgan fingerprint density at radius 3 is 2.67 bits per heavy atom. The summed E-state index contributed by atoms with van der Waals surface area (Å²) in [6, 6.07) is 0. The fourth-order valence-electron chi connectivity index (χ4n) is 7.36. The molecule has 5 fully saturated rings. The standard InChI is InChI=1S/C19H28O2/c1-18-10-8-15-17(21-15)14(18)4-3-11-12-5-6-16(20)19(12,2)9-7-13(11)18/h11-15,17H,3-10H2,1-2H3/t11-,12-,13-,14-,15-,17+,18+,19-/m1/s1. The number of epoxide rings is 1. The third-order valence-electron chi connectivity index (χ3n) is 8.64. The molecule has 0 bridgehead atoms. The summed E-state index contributed by atoms with van der Waals surface area (Å²) in [4.78, 5) is 12.4. The summed E-state index contributed by atoms with van der Waals surface area (Å²) in [5, 5.41) is 0. The van der Waals surface area contributed by atoms with Gasteiger partial charge in [0.15, 0.2) is 0 Å². The third kappa shape index (κ3) is 1.51. The van der Waals surface area contributed by atoms with Gasteiger partial charge in [0.2, 0.25) is 0 Å². The Balaban J connectivity index is 1.49. The number of Topliss-reactive ketones (excluding diaryl/α,β-unsaturated/α-hetero) is 1. The Bertz CT molecular complexity index is 500. The van der Waals surface area contributed by atoms with E-state index in [0.717, 1.165) is 30.6 Å². The topological polar surface area (TPSA) is 29.6 Å². The van der Waals surface area contributed by atoms with E-state index in [1.54, 1.807) is 0 Å². The summed E-state index contributed by atoms with van der Waals surface area (Å²) < 4.78 is 5.96. The predicted molar refractivity (Wildman–Crippen MR) is 80.8 cm³/mol. The molecule has 2 heteroatoms. The first-order valence-electron chi connectivity index (χ1n) is 9.23. The molecular weight excluding hydrogens is 260 g/mol. The monoisotopic (exact) mass is 288 g/mol. The second-order valence-corrected chi connectivity index (χ2v) is 9.16. The van der Waals surface area contributed by atoms with Crippen molar-refractivity contribution in [3.05, 3.63) is 0 Å². The van der Waals surface area contributed by atoms with E-state index in [-0.39, 0.29) is 5.41 Å². The lowest BCUT2D eigenvalue weighted by Gasteiger charge is -2.58. The van der Waals surface area contributed by atoms with Crippen molar-refractivity contribution in [2.45, 2.75) is 77.4 Å². The minimum absolute atomic E-state index is 0.0393. The summed E-state index contributed by atoms with van der Waals surface area (Å²) in [7, 11) is 0. The molecule has 0 spiro atoms. The highest BCUT2D eigenvalue weighted by Crippen LogP contribution is 2.67. The maximum Gasteiger partial charge on any atom is 0.139 e. The van der Waals surface area contributed by atoms with Gasteiger partial charge in [-0.15, -0.1) is 0 Å². The predicted octanol–water partition coefficient (Wildman–Crippen LogP) is 3.98. The SMILES string of the molecule is C[C@@]12CC[C@H]3O[C@H]3[C@H]1CC[C@H]1[C@H]2CC[C@@]2(C)C(=O)CC[C@H]12. The number of ether oxygens (including phenoxy) is 1. The largest absolute Gasteiger partial charge is 0.369 e. The minimum atomic E-state index is 0.0393. The van der Waals surface area contributed by atoms with Crippen LogP contribution in [0.4, 0.5) is 0 Å². The molecule has 4 aliphatic carbocycles. The molecule has 5 aliphatic rings. The summed E-state index contributed by atoms with van der Waals surface area (Å²) >= 11 is 0. The van der Waals surface area contributed by atoms with Gasteiger partial charge < -0.3 is 4.74 Å². The molecule has 5 rings (SSSR count). The van der Waals surface area contributed by atoms with E-state index in [0.29, 0.717) is 29.3 Å². The van der Waals surface area contributed by atoms with Gasteiger partial charge in [0.1, 0.15) is 5.78 Å². The number of rotatable bonds is 0. The first-order chi connectivity index (χ1) is 10.0. The van der Waals surface area contributed by atoms with Crippen molar-refractivity contribution in [3.63, 3.8) is 0 Å². The van der Waals surface area contributed by atoms with Gasteiger partial charge in [0.05, 0.1) is 12.2 Å². The number of carbonyl (C=O) groups is 1. The fraction of sp³-hybridized carbons (Fsp3) is 0.947. The lowest BCUT2D eigenvalue weighted by molar-refractivity contribution is -0.138. The molecule has 116 valence electrons. The van der Waals surface area contributed by atoms with Crippen LogP contribution < -0.4 is 0 Å². The van der Waals surface area contributed by atoms with E-state index in [1.165, 1.54) is 38.5 Å². The lowest BCUT2D eigenvalue weighted by atomic mass is 9.45. The van der Waals surface area contributed by atoms with E-state index in [1.807, 2.05) is 0 Å². The highest BCUT2D eigenvalue weighted by molar-refractivity contribution is 5.87. The second kappa shape index (κ2) is 3.93. The Morgan fingerprint density at radius 1 is 0.952 bits per heavy atom. The van der Waals surface area contributed by atoms with Crippen LogP contribution in [0.1, 0.15) is 65.2 Å². The fourth-order valence-corrected chi connectivity index (χ4v) is 7.36. The molecule has 0 N–H and O–H groups in total. The Kier molecular flexibility index (Phi) is 2.45. The highest BCUT2D eigenvalue weighted by atomic mass is 16.6. The molecule has 8 atom stereocenters. The van der Waals surface area contributed by atoms with E-state index in [4.69, 9.17) is 4.74 Å². The van der Waals surface area contributed by atoms with Gasteiger partial charge in [-0.1, -0.05) is 13.8 Å². The zero-order chi connectivity index (χ0) is 14.4. The molecule has 0 aromatic heterocycles. The van der Waals surface area contributed by atoms with Gasteiger partial charge in [0.25, 0.3) is 0 Å². The molecule has 2 nitrogen and oxygen atoms in total. The number of hydrogen-bond donors (Lipinski definition) is 0. The van der Waals surface area contributed by atoms with Gasteiger partial charge in [-0.05, 0) is 74.0 Å². The molecule has 21 heavy (non-hydrogen) atoms. The number of hydrogen-bond acceptors (Lipinski definition) is 2. The van der Waals surface area contributed by atoms with Crippen molar-refractivity contribution in [3.8, 4) is 0 Å². The molecule has 0 unspecified atom stereocenters. The highest BCUT2D eigenvalue weighted by Gasteiger charge is 2.64. The molecule has 4 saturated carbocycles. The quantitative estimate of drug-likeness (QED) is 0.631. The van der Waals surface area contributed by atoms with Crippen LogP contribution in [-0.4, -0.2) is 18.0 Å². The van der Waals surface area contributed by atoms with Crippen LogP contribution in [0.3, 0.4) is 0 Å². The molecular formula is C19H28O2. The maximum atomic E-state index is 12.4. The van der Waals surface area contributed by atoms with Gasteiger partial charge in [-0.25, -0.2) is 0 Å². The van der Waals surface area contributed by atoms with Crippen LogP contribution >= 0.6 is 0 Å². The molecule has 0 aromatic rings. The van der Waals surface area contributed by atoms with Crippen LogP contribution in [0.2, 0.25) is 0 Å². The number of carbonyl (C=O) groups excluding carboxylic acids is 1. The van der Waals surface area contributed by atoms with Crippen molar-refractivity contribution in [1.82, 2.24) is 0 Å². The molecule has 0 aromatic carbocycles. The zero-order valence-corrected chi connectivity index (χ0v) is 13.4. The molecule has 1 saturated heterocycles. The van der Waals surface area contributed by atoms with E-state index < -0.39 is 0 Å². The number of ketones is 1. The van der Waals surface area contributed by atoms with Crippen molar-refractivity contribution in [2.75, 3.05) is 0 Å². The smallest absolute Gasteiger partial charge is 0.139 e. The average molecular weight is 288 g/mol. The van der Waals surface area contributed by atoms with Gasteiger partial charge in [0, 0.05) is 11.8 Å². The van der Waals surface area contributed by atoms with Crippen LogP contribution in [0.15, 0.2) is 0 Å². The summed E-state index contributed by atoms with van der Waals surface area (Å²) in [6.45, 7) is 4.87. The van der Waals surface area contributed by atoms with Crippen LogP contribution in [0, 0.1) is 34.5 Å². The van der Waals surface area contributed by atoms with Gasteiger partial charge >= 0.3 is 0 Å². The summed E-state index contributed by atoms with van der Waals surface area (Å²) in [5.74, 6) is 3.78. The van der Waals surface area contributed by atoms with Crippen molar-refractivity contribution < 1.29 is 9.53 Å². The average Bonchev–Trinajstić information content (AvgIpc) is 3.18. The maximum absolute atomic E-state index is 12.4.